The molecule has 0 aliphatic carbocycles. The molecule has 28 heavy (non-hydrogen) atoms. The van der Waals surface area contributed by atoms with Crippen LogP contribution in [-0.4, -0.2) is 32.9 Å². The fraction of sp³-hybridized carbons (Fsp3) is 0.111. The number of rotatable bonds is 5. The van der Waals surface area contributed by atoms with Gasteiger partial charge in [-0.3, -0.25) is 14.9 Å². The lowest BCUT2D eigenvalue weighted by molar-refractivity contribution is -0.115. The highest BCUT2D eigenvalue weighted by Gasteiger charge is 2.25. The molecular weight excluding hydrogens is 470 g/mol. The Morgan fingerprint density at radius 1 is 1.07 bits per heavy atom. The standard InChI is InChI=1S/C18H14BrNO6S2/c1-25-15-7-10(8-16-17(21)20-18(22)27-16)3-5-14(15)26-13-6-4-11(9-12(13)19)28(2,23)24/h3-9H,1-2H3,(H,20,21,22)/b16-8+. The molecule has 0 radical (unpaired) electrons. The largest absolute Gasteiger partial charge is 0.493 e. The lowest BCUT2D eigenvalue weighted by atomic mass is 10.2. The lowest BCUT2D eigenvalue weighted by Crippen LogP contribution is -2.17. The van der Waals surface area contributed by atoms with Crippen molar-refractivity contribution in [2.24, 2.45) is 0 Å². The van der Waals surface area contributed by atoms with Crippen molar-refractivity contribution in [2.75, 3.05) is 13.4 Å². The normalized spacial score (nSPS) is 15.6. The third-order valence-electron chi connectivity index (χ3n) is 3.68. The van der Waals surface area contributed by atoms with Crippen LogP contribution in [0.5, 0.6) is 17.2 Å². The Labute approximate surface area is 174 Å². The van der Waals surface area contributed by atoms with E-state index in [0.29, 0.717) is 32.2 Å². The van der Waals surface area contributed by atoms with Gasteiger partial charge in [0.1, 0.15) is 5.75 Å². The molecule has 1 saturated heterocycles. The highest BCUT2D eigenvalue weighted by molar-refractivity contribution is 9.10. The van der Waals surface area contributed by atoms with Gasteiger partial charge >= 0.3 is 0 Å². The summed E-state index contributed by atoms with van der Waals surface area (Å²) < 4.78 is 34.9. The molecule has 1 heterocycles. The van der Waals surface area contributed by atoms with E-state index in [-0.39, 0.29) is 4.90 Å². The first-order chi connectivity index (χ1) is 13.2. The monoisotopic (exact) mass is 483 g/mol. The number of carbonyl (C=O) groups is 2. The summed E-state index contributed by atoms with van der Waals surface area (Å²) in [5.41, 5.74) is 0.656. The average molecular weight is 484 g/mol. The molecule has 1 fully saturated rings. The molecular formula is C18H14BrNO6S2. The molecule has 3 rings (SSSR count). The SMILES string of the molecule is COc1cc(/C=C2/SC(=O)NC2=O)ccc1Oc1ccc(S(C)(=O)=O)cc1Br. The number of halogens is 1. The van der Waals surface area contributed by atoms with Crippen molar-refractivity contribution >= 4 is 54.8 Å². The first-order valence-corrected chi connectivity index (χ1v) is 11.3. The summed E-state index contributed by atoms with van der Waals surface area (Å²) in [6.07, 6.45) is 2.70. The Hall–Kier alpha value is -2.30. The number of hydrogen-bond donors (Lipinski definition) is 1. The molecule has 146 valence electrons. The first-order valence-electron chi connectivity index (χ1n) is 7.78. The van der Waals surface area contributed by atoms with Crippen LogP contribution in [0.2, 0.25) is 0 Å². The predicted molar refractivity (Wildman–Crippen MR) is 109 cm³/mol. The van der Waals surface area contributed by atoms with Crippen LogP contribution in [0, 0.1) is 0 Å². The Kier molecular flexibility index (Phi) is 5.82. The summed E-state index contributed by atoms with van der Waals surface area (Å²) in [7, 11) is -1.85. The fourth-order valence-corrected chi connectivity index (χ4v) is 4.28. The number of sulfone groups is 1. The molecule has 1 aliphatic heterocycles. The maximum atomic E-state index is 11.7. The summed E-state index contributed by atoms with van der Waals surface area (Å²) in [5, 5.41) is 1.78. The van der Waals surface area contributed by atoms with Crippen LogP contribution < -0.4 is 14.8 Å². The molecule has 0 saturated carbocycles. The van der Waals surface area contributed by atoms with E-state index in [1.165, 1.54) is 19.2 Å². The van der Waals surface area contributed by atoms with E-state index in [9.17, 15) is 18.0 Å². The van der Waals surface area contributed by atoms with Gasteiger partial charge in [-0.1, -0.05) is 6.07 Å². The Bertz CT molecular complexity index is 1110. The quantitative estimate of drug-likeness (QED) is 0.641. The second-order valence-electron chi connectivity index (χ2n) is 5.73. The maximum Gasteiger partial charge on any atom is 0.290 e. The van der Waals surface area contributed by atoms with Gasteiger partial charge in [0.2, 0.25) is 0 Å². The number of nitrogens with one attached hydrogen (secondary N) is 1. The lowest BCUT2D eigenvalue weighted by Gasteiger charge is -2.13. The van der Waals surface area contributed by atoms with Gasteiger partial charge in [0.15, 0.2) is 21.3 Å². The summed E-state index contributed by atoms with van der Waals surface area (Å²) in [6, 6.07) is 9.48. The van der Waals surface area contributed by atoms with Gasteiger partial charge in [-0.25, -0.2) is 8.42 Å². The third-order valence-corrected chi connectivity index (χ3v) is 6.22. The van der Waals surface area contributed by atoms with E-state index in [2.05, 4.69) is 21.2 Å². The van der Waals surface area contributed by atoms with Crippen molar-refractivity contribution < 1.29 is 27.5 Å². The van der Waals surface area contributed by atoms with Crippen LogP contribution in [0.15, 0.2) is 50.7 Å². The second-order valence-corrected chi connectivity index (χ2v) is 9.61. The zero-order chi connectivity index (χ0) is 20.5. The molecule has 10 heteroatoms. The van der Waals surface area contributed by atoms with Crippen molar-refractivity contribution in [2.45, 2.75) is 4.90 Å². The topological polar surface area (TPSA) is 98.8 Å². The minimum absolute atomic E-state index is 0.169. The molecule has 1 aliphatic rings. The van der Waals surface area contributed by atoms with Crippen LogP contribution in [0.25, 0.3) is 6.08 Å². The number of methoxy groups -OCH3 is 1. The summed E-state index contributed by atoms with van der Waals surface area (Å²) >= 11 is 4.14. The van der Waals surface area contributed by atoms with Crippen LogP contribution in [0.3, 0.4) is 0 Å². The number of hydrogen-bond acceptors (Lipinski definition) is 7. The molecule has 2 amide bonds. The summed E-state index contributed by atoms with van der Waals surface area (Å²) in [6.45, 7) is 0. The van der Waals surface area contributed by atoms with Gasteiger partial charge < -0.3 is 9.47 Å². The summed E-state index contributed by atoms with van der Waals surface area (Å²) in [4.78, 5) is 23.4. The van der Waals surface area contributed by atoms with E-state index >= 15 is 0 Å². The Morgan fingerprint density at radius 3 is 2.36 bits per heavy atom. The minimum atomic E-state index is -3.33. The number of amides is 2. The van der Waals surface area contributed by atoms with Gasteiger partial charge in [-0.05, 0) is 69.7 Å². The molecule has 0 unspecified atom stereocenters. The maximum absolute atomic E-state index is 11.7. The van der Waals surface area contributed by atoms with Gasteiger partial charge in [-0.15, -0.1) is 0 Å². The zero-order valence-corrected chi connectivity index (χ0v) is 17.9. The van der Waals surface area contributed by atoms with Crippen LogP contribution in [0.4, 0.5) is 4.79 Å². The van der Waals surface area contributed by atoms with E-state index in [0.717, 1.165) is 18.0 Å². The Morgan fingerprint density at radius 2 is 1.79 bits per heavy atom. The molecule has 2 aromatic rings. The van der Waals surface area contributed by atoms with Crippen molar-refractivity contribution in [1.29, 1.82) is 0 Å². The van der Waals surface area contributed by atoms with E-state index in [1.54, 1.807) is 30.3 Å². The van der Waals surface area contributed by atoms with E-state index in [1.807, 2.05) is 0 Å². The highest BCUT2D eigenvalue weighted by atomic mass is 79.9. The van der Waals surface area contributed by atoms with Gasteiger partial charge in [0.25, 0.3) is 11.1 Å². The van der Waals surface area contributed by atoms with Gasteiger partial charge in [0.05, 0.1) is 21.4 Å². The van der Waals surface area contributed by atoms with Gasteiger partial charge in [-0.2, -0.15) is 0 Å². The number of thioether (sulfide) groups is 1. The highest BCUT2D eigenvalue weighted by Crippen LogP contribution is 2.37. The van der Waals surface area contributed by atoms with Crippen molar-refractivity contribution in [3.8, 4) is 17.2 Å². The van der Waals surface area contributed by atoms with Crippen molar-refractivity contribution in [3.63, 3.8) is 0 Å². The van der Waals surface area contributed by atoms with E-state index < -0.39 is 21.0 Å². The average Bonchev–Trinajstić information content (AvgIpc) is 2.94. The van der Waals surface area contributed by atoms with Crippen LogP contribution >= 0.6 is 27.7 Å². The molecule has 2 aromatic carbocycles. The fourth-order valence-electron chi connectivity index (χ4n) is 2.34. The third kappa shape index (κ3) is 4.57. The molecule has 0 atom stereocenters. The predicted octanol–water partition coefficient (Wildman–Crippen LogP) is 3.98. The number of ether oxygens (including phenoxy) is 2. The van der Waals surface area contributed by atoms with Gasteiger partial charge in [0, 0.05) is 6.26 Å². The number of imide groups is 1. The van der Waals surface area contributed by atoms with E-state index in [4.69, 9.17) is 9.47 Å². The van der Waals surface area contributed by atoms with Crippen LogP contribution in [-0.2, 0) is 14.6 Å². The van der Waals surface area contributed by atoms with Crippen molar-refractivity contribution in [1.82, 2.24) is 5.32 Å². The van der Waals surface area contributed by atoms with Crippen molar-refractivity contribution in [3.05, 3.63) is 51.3 Å². The molecule has 0 aromatic heterocycles. The number of benzene rings is 2. The van der Waals surface area contributed by atoms with Crippen LogP contribution in [0.1, 0.15) is 5.56 Å². The molecule has 1 N–H and O–H groups in total. The summed E-state index contributed by atoms with van der Waals surface area (Å²) in [5.74, 6) is 0.776. The molecule has 7 nitrogen and oxygen atoms in total. The molecule has 0 bridgehead atoms. The first kappa shape index (κ1) is 20.4. The minimum Gasteiger partial charge on any atom is -0.493 e. The Balaban J connectivity index is 1.89. The molecule has 0 spiro atoms. The smallest absolute Gasteiger partial charge is 0.290 e. The zero-order valence-electron chi connectivity index (χ0n) is 14.7. The number of carbonyl (C=O) groups excluding carboxylic acids is 2. The second kappa shape index (κ2) is 7.98.